The Morgan fingerprint density at radius 2 is 1.63 bits per heavy atom. The number of halogens is 2. The van der Waals surface area contributed by atoms with Gasteiger partial charge in [-0.15, -0.1) is 0 Å². The lowest BCUT2D eigenvalue weighted by atomic mass is 10.1. The first kappa shape index (κ1) is 32.6. The Balaban J connectivity index is 1.72. The highest BCUT2D eigenvalue weighted by atomic mass is 35.5. The van der Waals surface area contributed by atoms with Crippen LogP contribution in [0.2, 0.25) is 10.0 Å². The van der Waals surface area contributed by atoms with Gasteiger partial charge < -0.3 is 15.0 Å². The van der Waals surface area contributed by atoms with Crippen LogP contribution in [-0.4, -0.2) is 50.9 Å². The SMILES string of the molecule is CCC(C(=O)NC1CCCC1)N(Cc1ccc(Cl)c(Cl)c1)C(=O)CN(c1ccc(C)cc1)S(=O)(=O)c1ccc(OC)cc1. The van der Waals surface area contributed by atoms with E-state index in [9.17, 15) is 18.0 Å². The number of rotatable bonds is 12. The molecule has 0 spiro atoms. The van der Waals surface area contributed by atoms with Gasteiger partial charge in [0.2, 0.25) is 11.8 Å². The average molecular weight is 647 g/mol. The summed E-state index contributed by atoms with van der Waals surface area (Å²) in [7, 11) is -2.69. The maximum atomic E-state index is 14.2. The molecule has 1 fully saturated rings. The summed E-state index contributed by atoms with van der Waals surface area (Å²) in [6, 6.07) is 17.1. The lowest BCUT2D eigenvalue weighted by Gasteiger charge is -2.34. The van der Waals surface area contributed by atoms with Crippen molar-refractivity contribution in [2.24, 2.45) is 0 Å². The predicted molar refractivity (Wildman–Crippen MR) is 170 cm³/mol. The van der Waals surface area contributed by atoms with Gasteiger partial charge in [-0.3, -0.25) is 13.9 Å². The van der Waals surface area contributed by atoms with Crippen LogP contribution in [-0.2, 0) is 26.2 Å². The smallest absolute Gasteiger partial charge is 0.264 e. The Morgan fingerprint density at radius 3 is 2.21 bits per heavy atom. The van der Waals surface area contributed by atoms with Crippen LogP contribution in [0.5, 0.6) is 5.75 Å². The van der Waals surface area contributed by atoms with Gasteiger partial charge in [-0.05, 0) is 80.3 Å². The number of methoxy groups -OCH3 is 1. The molecule has 1 atom stereocenters. The lowest BCUT2D eigenvalue weighted by Crippen LogP contribution is -2.53. The van der Waals surface area contributed by atoms with Gasteiger partial charge in [-0.25, -0.2) is 8.42 Å². The third kappa shape index (κ3) is 8.02. The van der Waals surface area contributed by atoms with Gasteiger partial charge in [0.1, 0.15) is 18.3 Å². The lowest BCUT2D eigenvalue weighted by molar-refractivity contribution is -0.140. The molecule has 1 saturated carbocycles. The summed E-state index contributed by atoms with van der Waals surface area (Å²) < 4.78 is 34.3. The van der Waals surface area contributed by atoms with E-state index in [0.717, 1.165) is 35.6 Å². The van der Waals surface area contributed by atoms with Crippen LogP contribution in [0.4, 0.5) is 5.69 Å². The first-order valence-corrected chi connectivity index (χ1v) is 16.5. The second-order valence-corrected chi connectivity index (χ2v) is 13.4. The van der Waals surface area contributed by atoms with Gasteiger partial charge in [-0.2, -0.15) is 0 Å². The molecule has 230 valence electrons. The van der Waals surface area contributed by atoms with E-state index >= 15 is 0 Å². The fraction of sp³-hybridized carbons (Fsp3) is 0.375. The minimum atomic E-state index is -4.19. The number of sulfonamides is 1. The van der Waals surface area contributed by atoms with Gasteiger partial charge in [0, 0.05) is 12.6 Å². The molecule has 0 heterocycles. The van der Waals surface area contributed by atoms with Gasteiger partial charge in [-0.1, -0.05) is 66.7 Å². The second kappa shape index (κ2) is 14.5. The van der Waals surface area contributed by atoms with Gasteiger partial charge in [0.25, 0.3) is 10.0 Å². The molecule has 3 aromatic rings. The number of anilines is 1. The molecule has 1 unspecified atom stereocenters. The van der Waals surface area contributed by atoms with E-state index in [-0.39, 0.29) is 23.4 Å². The number of nitrogens with zero attached hydrogens (tertiary/aromatic N) is 2. The fourth-order valence-electron chi connectivity index (χ4n) is 5.24. The van der Waals surface area contributed by atoms with E-state index in [1.165, 1.54) is 24.1 Å². The number of carbonyl (C=O) groups excluding carboxylic acids is 2. The summed E-state index contributed by atoms with van der Waals surface area (Å²) >= 11 is 12.4. The van der Waals surface area contributed by atoms with Crippen molar-refractivity contribution in [3.63, 3.8) is 0 Å². The first-order valence-electron chi connectivity index (χ1n) is 14.3. The largest absolute Gasteiger partial charge is 0.497 e. The maximum Gasteiger partial charge on any atom is 0.264 e. The van der Waals surface area contributed by atoms with E-state index in [1.54, 1.807) is 54.6 Å². The highest BCUT2D eigenvalue weighted by Gasteiger charge is 2.34. The molecule has 8 nitrogen and oxygen atoms in total. The van der Waals surface area contributed by atoms with Crippen molar-refractivity contribution in [2.45, 2.75) is 69.5 Å². The summed E-state index contributed by atoms with van der Waals surface area (Å²) in [4.78, 5) is 29.2. The van der Waals surface area contributed by atoms with Gasteiger partial charge in [0.05, 0.1) is 27.7 Å². The molecule has 1 N–H and O–H groups in total. The molecular weight excluding hydrogens is 609 g/mol. The monoisotopic (exact) mass is 645 g/mol. The minimum Gasteiger partial charge on any atom is -0.497 e. The Kier molecular flexibility index (Phi) is 11.0. The van der Waals surface area contributed by atoms with Crippen LogP contribution in [0, 0.1) is 6.92 Å². The third-order valence-corrected chi connectivity index (χ3v) is 10.2. The van der Waals surface area contributed by atoms with Gasteiger partial charge >= 0.3 is 0 Å². The van der Waals surface area contributed by atoms with Crippen LogP contribution in [0.1, 0.15) is 50.2 Å². The summed E-state index contributed by atoms with van der Waals surface area (Å²) in [5, 5.41) is 3.79. The summed E-state index contributed by atoms with van der Waals surface area (Å²) in [6.07, 6.45) is 4.21. The molecule has 0 saturated heterocycles. The van der Waals surface area contributed by atoms with Gasteiger partial charge in [0.15, 0.2) is 0 Å². The normalized spacial score (nSPS) is 14.3. The van der Waals surface area contributed by atoms with E-state index in [1.807, 2.05) is 13.8 Å². The van der Waals surface area contributed by atoms with E-state index < -0.39 is 28.5 Å². The maximum absolute atomic E-state index is 14.2. The van der Waals surface area contributed by atoms with Crippen molar-refractivity contribution in [3.8, 4) is 5.75 Å². The number of nitrogens with one attached hydrogen (secondary N) is 1. The molecule has 0 radical (unpaired) electrons. The number of aryl methyl sites for hydroxylation is 1. The van der Waals surface area contributed by atoms with Crippen LogP contribution in [0.25, 0.3) is 0 Å². The van der Waals surface area contributed by atoms with Crippen LogP contribution in [0.3, 0.4) is 0 Å². The van der Waals surface area contributed by atoms with Crippen molar-refractivity contribution in [1.29, 1.82) is 0 Å². The molecule has 4 rings (SSSR count). The first-order chi connectivity index (χ1) is 20.5. The standard InChI is InChI=1S/C32H37Cl2N3O5S/c1-4-30(32(39)35-24-7-5-6-8-24)36(20-23-11-18-28(33)29(34)19-23)31(38)21-37(25-12-9-22(2)10-13-25)43(40,41)27-16-14-26(42-3)15-17-27/h9-19,24,30H,4-8,20-21H2,1-3H3,(H,35,39). The van der Waals surface area contributed by atoms with Crippen molar-refractivity contribution in [1.82, 2.24) is 10.2 Å². The van der Waals surface area contributed by atoms with Crippen LogP contribution < -0.4 is 14.4 Å². The van der Waals surface area contributed by atoms with Crippen molar-refractivity contribution >= 4 is 50.7 Å². The molecular formula is C32H37Cl2N3O5S. The average Bonchev–Trinajstić information content (AvgIpc) is 3.51. The van der Waals surface area contributed by atoms with E-state index in [2.05, 4.69) is 5.32 Å². The molecule has 0 bridgehead atoms. The van der Waals surface area contributed by atoms with Crippen molar-refractivity contribution in [2.75, 3.05) is 18.0 Å². The molecule has 3 aromatic carbocycles. The summed E-state index contributed by atoms with van der Waals surface area (Å²) in [5.41, 5.74) is 1.93. The highest BCUT2D eigenvalue weighted by molar-refractivity contribution is 7.92. The molecule has 1 aliphatic carbocycles. The molecule has 0 aliphatic heterocycles. The Labute approximate surface area is 264 Å². The minimum absolute atomic E-state index is 0.00345. The third-order valence-electron chi connectivity index (χ3n) is 7.67. The Bertz CT molecular complexity index is 1530. The molecule has 11 heteroatoms. The predicted octanol–water partition coefficient (Wildman–Crippen LogP) is 6.37. The Morgan fingerprint density at radius 1 is 0.977 bits per heavy atom. The highest BCUT2D eigenvalue weighted by Crippen LogP contribution is 2.28. The number of hydrogen-bond acceptors (Lipinski definition) is 5. The number of carbonyl (C=O) groups is 2. The number of benzene rings is 3. The van der Waals surface area contributed by atoms with Crippen LogP contribution >= 0.6 is 23.2 Å². The number of ether oxygens (including phenoxy) is 1. The molecule has 2 amide bonds. The van der Waals surface area contributed by atoms with Crippen molar-refractivity contribution in [3.05, 3.63) is 87.9 Å². The summed E-state index contributed by atoms with van der Waals surface area (Å²) in [5.74, 6) is -0.288. The topological polar surface area (TPSA) is 96.0 Å². The Hall–Kier alpha value is -3.27. The van der Waals surface area contributed by atoms with Crippen LogP contribution in [0.15, 0.2) is 71.6 Å². The second-order valence-electron chi connectivity index (χ2n) is 10.7. The molecule has 0 aromatic heterocycles. The summed E-state index contributed by atoms with van der Waals surface area (Å²) in [6.45, 7) is 3.24. The number of amides is 2. The zero-order valence-electron chi connectivity index (χ0n) is 24.6. The fourth-order valence-corrected chi connectivity index (χ4v) is 6.97. The quantitative estimate of drug-likeness (QED) is 0.247. The zero-order chi connectivity index (χ0) is 31.1. The van der Waals surface area contributed by atoms with Crippen molar-refractivity contribution < 1.29 is 22.7 Å². The molecule has 1 aliphatic rings. The van der Waals surface area contributed by atoms with E-state index in [0.29, 0.717) is 33.5 Å². The van der Waals surface area contributed by atoms with E-state index in [4.69, 9.17) is 27.9 Å². The molecule has 43 heavy (non-hydrogen) atoms. The zero-order valence-corrected chi connectivity index (χ0v) is 26.9. The number of hydrogen-bond donors (Lipinski definition) is 1.